The highest BCUT2D eigenvalue weighted by Crippen LogP contribution is 2.52. The normalized spacial score (nSPS) is 16.9. The van der Waals surface area contributed by atoms with E-state index in [2.05, 4.69) is 10.2 Å². The molecule has 17 heavy (non-hydrogen) atoms. The number of hydrogen-bond donors (Lipinski definition) is 3. The van der Waals surface area contributed by atoms with Crippen LogP contribution in [0, 0.1) is 0 Å². The molecule has 0 bridgehead atoms. The third kappa shape index (κ3) is 1.33. The summed E-state index contributed by atoms with van der Waals surface area (Å²) in [6.07, 6.45) is 2.01. The molecule has 88 valence electrons. The van der Waals surface area contributed by atoms with Crippen LogP contribution >= 0.6 is 0 Å². The number of nitrogens with zero attached hydrogens (tertiary/aromatic N) is 3. The van der Waals surface area contributed by atoms with Crippen LogP contribution in [0.1, 0.15) is 24.2 Å². The van der Waals surface area contributed by atoms with Gasteiger partial charge in [0.2, 0.25) is 5.95 Å². The number of benzene rings is 1. The summed E-state index contributed by atoms with van der Waals surface area (Å²) < 4.78 is 1.36. The van der Waals surface area contributed by atoms with Crippen molar-refractivity contribution in [2.24, 2.45) is 0 Å². The molecule has 1 heterocycles. The number of hydrogen-bond acceptors (Lipinski definition) is 5. The molecular formula is C11H14N6. The molecular weight excluding hydrogens is 216 g/mol. The highest BCUT2D eigenvalue weighted by atomic mass is 15.5. The minimum atomic E-state index is -0.132. The first kappa shape index (κ1) is 9.95. The molecule has 0 unspecified atom stereocenters. The molecule has 6 nitrogen and oxygen atoms in total. The molecule has 1 saturated carbocycles. The second-order valence-corrected chi connectivity index (χ2v) is 4.46. The summed E-state index contributed by atoms with van der Waals surface area (Å²) in [5.74, 6) is 6.80. The Kier molecular flexibility index (Phi) is 1.83. The van der Waals surface area contributed by atoms with Gasteiger partial charge in [0.15, 0.2) is 5.82 Å². The molecule has 0 saturated heterocycles. The molecule has 0 amide bonds. The lowest BCUT2D eigenvalue weighted by Crippen LogP contribution is -2.22. The van der Waals surface area contributed by atoms with Gasteiger partial charge in [-0.3, -0.25) is 0 Å². The number of nitrogens with two attached hydrogens (primary N) is 3. The molecule has 0 aliphatic heterocycles. The highest BCUT2D eigenvalue weighted by Gasteiger charge is 2.50. The van der Waals surface area contributed by atoms with E-state index in [0.29, 0.717) is 0 Å². The summed E-state index contributed by atoms with van der Waals surface area (Å²) in [7, 11) is 0. The van der Waals surface area contributed by atoms with Crippen LogP contribution < -0.4 is 17.3 Å². The molecule has 1 fully saturated rings. The van der Waals surface area contributed by atoms with E-state index in [4.69, 9.17) is 17.3 Å². The Morgan fingerprint density at radius 1 is 1.06 bits per heavy atom. The SMILES string of the molecule is Nc1ccc(C2(c3nnc(N)n3N)CC2)cc1. The molecule has 6 N–H and O–H groups in total. The fourth-order valence-corrected chi connectivity index (χ4v) is 2.20. The van der Waals surface area contributed by atoms with Gasteiger partial charge in [-0.1, -0.05) is 12.1 Å². The Balaban J connectivity index is 2.07. The third-order valence-electron chi connectivity index (χ3n) is 3.36. The summed E-state index contributed by atoms with van der Waals surface area (Å²) in [5, 5.41) is 7.89. The van der Waals surface area contributed by atoms with Gasteiger partial charge in [0.25, 0.3) is 0 Å². The fourth-order valence-electron chi connectivity index (χ4n) is 2.20. The number of anilines is 2. The molecule has 1 aliphatic rings. The van der Waals surface area contributed by atoms with Crippen molar-refractivity contribution in [3.8, 4) is 0 Å². The summed E-state index contributed by atoms with van der Waals surface area (Å²) in [6.45, 7) is 0. The Morgan fingerprint density at radius 2 is 1.71 bits per heavy atom. The Hall–Kier alpha value is -2.24. The Labute approximate surface area is 98.4 Å². The van der Waals surface area contributed by atoms with Gasteiger partial charge in [0.05, 0.1) is 5.41 Å². The first-order valence-corrected chi connectivity index (χ1v) is 5.46. The van der Waals surface area contributed by atoms with Crippen LogP contribution in [0.5, 0.6) is 0 Å². The summed E-state index contributed by atoms with van der Waals surface area (Å²) in [5.41, 5.74) is 13.1. The fraction of sp³-hybridized carbons (Fsp3) is 0.273. The van der Waals surface area contributed by atoms with Gasteiger partial charge in [0.1, 0.15) is 0 Å². The van der Waals surface area contributed by atoms with Gasteiger partial charge in [-0.25, -0.2) is 4.68 Å². The van der Waals surface area contributed by atoms with Crippen LogP contribution in [0.25, 0.3) is 0 Å². The first-order valence-electron chi connectivity index (χ1n) is 5.46. The van der Waals surface area contributed by atoms with E-state index in [1.54, 1.807) is 0 Å². The van der Waals surface area contributed by atoms with Crippen LogP contribution in [0.2, 0.25) is 0 Å². The molecule has 3 rings (SSSR count). The predicted octanol–water partition coefficient (Wildman–Crippen LogP) is 0.236. The number of aromatic nitrogens is 3. The average Bonchev–Trinajstić information content (AvgIpc) is 3.05. The minimum Gasteiger partial charge on any atom is -0.399 e. The van der Waals surface area contributed by atoms with Gasteiger partial charge < -0.3 is 17.3 Å². The van der Waals surface area contributed by atoms with Gasteiger partial charge in [0, 0.05) is 5.69 Å². The quantitative estimate of drug-likeness (QED) is 0.505. The van der Waals surface area contributed by atoms with E-state index >= 15 is 0 Å². The van der Waals surface area contributed by atoms with Crippen molar-refractivity contribution in [2.45, 2.75) is 18.3 Å². The van der Waals surface area contributed by atoms with E-state index in [9.17, 15) is 0 Å². The van der Waals surface area contributed by atoms with Crippen LogP contribution in [0.4, 0.5) is 11.6 Å². The Morgan fingerprint density at radius 3 is 2.18 bits per heavy atom. The van der Waals surface area contributed by atoms with Gasteiger partial charge in [-0.2, -0.15) is 0 Å². The molecule has 1 aromatic heterocycles. The van der Waals surface area contributed by atoms with Crippen LogP contribution in [-0.2, 0) is 5.41 Å². The number of nitrogen functional groups attached to an aromatic ring is 3. The molecule has 1 aromatic carbocycles. The third-order valence-corrected chi connectivity index (χ3v) is 3.36. The van der Waals surface area contributed by atoms with Crippen molar-refractivity contribution >= 4 is 11.6 Å². The van der Waals surface area contributed by atoms with Crippen LogP contribution in [0.3, 0.4) is 0 Å². The van der Waals surface area contributed by atoms with Crippen molar-refractivity contribution in [1.29, 1.82) is 0 Å². The van der Waals surface area contributed by atoms with E-state index in [-0.39, 0.29) is 11.4 Å². The maximum atomic E-state index is 5.84. The monoisotopic (exact) mass is 230 g/mol. The second kappa shape index (κ2) is 3.13. The highest BCUT2D eigenvalue weighted by molar-refractivity contribution is 5.47. The average molecular weight is 230 g/mol. The van der Waals surface area contributed by atoms with Crippen LogP contribution in [0.15, 0.2) is 24.3 Å². The molecule has 6 heteroatoms. The molecule has 1 aliphatic carbocycles. The van der Waals surface area contributed by atoms with E-state index in [0.717, 1.165) is 29.9 Å². The summed E-state index contributed by atoms with van der Waals surface area (Å²) >= 11 is 0. The van der Waals surface area contributed by atoms with Crippen molar-refractivity contribution in [2.75, 3.05) is 17.3 Å². The van der Waals surface area contributed by atoms with E-state index in [1.807, 2.05) is 24.3 Å². The summed E-state index contributed by atoms with van der Waals surface area (Å²) in [4.78, 5) is 0. The zero-order valence-electron chi connectivity index (χ0n) is 9.30. The molecule has 0 atom stereocenters. The van der Waals surface area contributed by atoms with Crippen molar-refractivity contribution in [3.05, 3.63) is 35.7 Å². The zero-order valence-corrected chi connectivity index (χ0v) is 9.30. The standard InChI is InChI=1S/C11H14N6/c12-8-3-1-7(2-4-8)11(5-6-11)9-15-16-10(13)17(9)14/h1-4H,5-6,12,14H2,(H2,13,16). The first-order chi connectivity index (χ1) is 8.13. The lowest BCUT2D eigenvalue weighted by atomic mass is 9.95. The summed E-state index contributed by atoms with van der Waals surface area (Å²) in [6, 6.07) is 7.78. The molecule has 2 aromatic rings. The topological polar surface area (TPSA) is 109 Å². The van der Waals surface area contributed by atoms with Crippen LogP contribution in [-0.4, -0.2) is 14.9 Å². The van der Waals surface area contributed by atoms with Gasteiger partial charge in [-0.05, 0) is 30.5 Å². The smallest absolute Gasteiger partial charge is 0.240 e. The zero-order chi connectivity index (χ0) is 12.0. The predicted molar refractivity (Wildman–Crippen MR) is 65.5 cm³/mol. The maximum absolute atomic E-state index is 5.84. The van der Waals surface area contributed by atoms with Crippen molar-refractivity contribution < 1.29 is 0 Å². The second-order valence-electron chi connectivity index (χ2n) is 4.46. The molecule has 0 radical (unpaired) electrons. The maximum Gasteiger partial charge on any atom is 0.240 e. The van der Waals surface area contributed by atoms with Gasteiger partial charge >= 0.3 is 0 Å². The minimum absolute atomic E-state index is 0.132. The van der Waals surface area contributed by atoms with Crippen molar-refractivity contribution in [3.63, 3.8) is 0 Å². The van der Waals surface area contributed by atoms with Crippen molar-refractivity contribution in [1.82, 2.24) is 14.9 Å². The lowest BCUT2D eigenvalue weighted by molar-refractivity contribution is 0.715. The Bertz CT molecular complexity index is 552. The number of rotatable bonds is 2. The van der Waals surface area contributed by atoms with E-state index in [1.165, 1.54) is 4.68 Å². The van der Waals surface area contributed by atoms with Gasteiger partial charge in [-0.15, -0.1) is 10.2 Å². The van der Waals surface area contributed by atoms with E-state index < -0.39 is 0 Å². The lowest BCUT2D eigenvalue weighted by Gasteiger charge is -2.14. The largest absolute Gasteiger partial charge is 0.399 e. The molecule has 0 spiro atoms.